The molecule has 0 N–H and O–H groups in total. The number of benzene rings is 3. The Morgan fingerprint density at radius 2 is 1.05 bits per heavy atom. The summed E-state index contributed by atoms with van der Waals surface area (Å²) in [6.07, 6.45) is 0. The number of hydrogen-bond acceptors (Lipinski definition) is 2. The largest absolute Gasteiger partial charge is 0.120 e. The van der Waals surface area contributed by atoms with E-state index in [1.54, 1.807) is 0 Å². The van der Waals surface area contributed by atoms with E-state index >= 15 is 0 Å². The van der Waals surface area contributed by atoms with Crippen LogP contribution >= 0.6 is 17.8 Å². The van der Waals surface area contributed by atoms with Gasteiger partial charge in [0.05, 0.1) is 0 Å². The van der Waals surface area contributed by atoms with Crippen molar-refractivity contribution in [2.45, 2.75) is 4.90 Å². The molecule has 0 unspecified atom stereocenters. The lowest BCUT2D eigenvalue weighted by Gasteiger charge is -2.23. The third-order valence-corrected chi connectivity index (χ3v) is 10.6. The SMILES string of the molecule is S=P(CSc1ccccc1)(c1ccccc1)c1ccccc1. The molecule has 3 aromatic carbocycles. The Labute approximate surface area is 141 Å². The van der Waals surface area contributed by atoms with Crippen LogP contribution in [0.15, 0.2) is 95.9 Å². The standard InChI is InChI=1S/C19H17PS2/c21-20(17-10-4-1-5-11-17,18-12-6-2-7-13-18)16-22-19-14-8-3-9-15-19/h1-15H,16H2. The van der Waals surface area contributed by atoms with Crippen molar-refractivity contribution in [3.05, 3.63) is 91.0 Å². The van der Waals surface area contributed by atoms with Crippen molar-refractivity contribution in [2.24, 2.45) is 0 Å². The van der Waals surface area contributed by atoms with Gasteiger partial charge in [0.2, 0.25) is 0 Å². The van der Waals surface area contributed by atoms with Crippen molar-refractivity contribution >= 4 is 40.2 Å². The van der Waals surface area contributed by atoms with Crippen LogP contribution in [0.4, 0.5) is 0 Å². The third-order valence-electron chi connectivity index (χ3n) is 3.50. The molecule has 0 nitrogen and oxygen atoms in total. The van der Waals surface area contributed by atoms with Gasteiger partial charge >= 0.3 is 0 Å². The molecule has 0 amide bonds. The van der Waals surface area contributed by atoms with Crippen LogP contribution in [0.5, 0.6) is 0 Å². The Morgan fingerprint density at radius 1 is 0.636 bits per heavy atom. The van der Waals surface area contributed by atoms with Crippen molar-refractivity contribution in [1.29, 1.82) is 0 Å². The Kier molecular flexibility index (Phi) is 5.15. The molecule has 0 saturated heterocycles. The molecule has 22 heavy (non-hydrogen) atoms. The van der Waals surface area contributed by atoms with Crippen molar-refractivity contribution < 1.29 is 0 Å². The lowest BCUT2D eigenvalue weighted by atomic mass is 10.4. The van der Waals surface area contributed by atoms with Crippen molar-refractivity contribution in [3.63, 3.8) is 0 Å². The van der Waals surface area contributed by atoms with Crippen LogP contribution < -0.4 is 10.6 Å². The molecule has 0 heterocycles. The molecule has 0 radical (unpaired) electrons. The van der Waals surface area contributed by atoms with Crippen LogP contribution in [-0.2, 0) is 11.8 Å². The molecule has 0 spiro atoms. The molecule has 0 aliphatic heterocycles. The van der Waals surface area contributed by atoms with Crippen LogP contribution in [0.25, 0.3) is 0 Å². The van der Waals surface area contributed by atoms with Crippen LogP contribution in [0.3, 0.4) is 0 Å². The molecule has 3 aromatic rings. The average molecular weight is 340 g/mol. The first-order valence-electron chi connectivity index (χ1n) is 7.17. The van der Waals surface area contributed by atoms with Crippen LogP contribution in [0, 0.1) is 0 Å². The van der Waals surface area contributed by atoms with Gasteiger partial charge < -0.3 is 0 Å². The van der Waals surface area contributed by atoms with Gasteiger partial charge in [-0.05, 0) is 22.7 Å². The van der Waals surface area contributed by atoms with Crippen LogP contribution in [0.2, 0.25) is 0 Å². The van der Waals surface area contributed by atoms with Crippen LogP contribution in [-0.4, -0.2) is 5.49 Å². The second-order valence-electron chi connectivity index (χ2n) is 5.00. The second kappa shape index (κ2) is 7.28. The van der Waals surface area contributed by atoms with E-state index in [2.05, 4.69) is 91.0 Å². The zero-order chi connectivity index (χ0) is 15.3. The highest BCUT2D eigenvalue weighted by molar-refractivity contribution is 8.27. The fourth-order valence-electron chi connectivity index (χ4n) is 2.32. The minimum absolute atomic E-state index is 0.945. The molecular weight excluding hydrogens is 323 g/mol. The summed E-state index contributed by atoms with van der Waals surface area (Å²) >= 11 is 8.09. The summed E-state index contributed by atoms with van der Waals surface area (Å²) in [5, 5.41) is 2.58. The van der Waals surface area contributed by atoms with Gasteiger partial charge in [0.1, 0.15) is 0 Å². The highest BCUT2D eigenvalue weighted by Crippen LogP contribution is 2.48. The first-order valence-corrected chi connectivity index (χ1v) is 11.1. The van der Waals surface area contributed by atoms with Gasteiger partial charge in [-0.1, -0.05) is 90.7 Å². The van der Waals surface area contributed by atoms with Crippen molar-refractivity contribution in [2.75, 3.05) is 5.49 Å². The first kappa shape index (κ1) is 15.6. The van der Waals surface area contributed by atoms with Crippen LogP contribution in [0.1, 0.15) is 0 Å². The van der Waals surface area contributed by atoms with Gasteiger partial charge in [-0.3, -0.25) is 0 Å². The van der Waals surface area contributed by atoms with E-state index < -0.39 is 6.04 Å². The Hall–Kier alpha value is -1.34. The molecule has 0 aliphatic carbocycles. The Bertz CT molecular complexity index is 712. The van der Waals surface area contributed by atoms with Crippen molar-refractivity contribution in [1.82, 2.24) is 0 Å². The molecule has 110 valence electrons. The molecular formula is C19H17PS2. The first-order chi connectivity index (χ1) is 10.8. The normalized spacial score (nSPS) is 11.3. The Balaban J connectivity index is 1.95. The lowest BCUT2D eigenvalue weighted by molar-refractivity contribution is 1.47. The fourth-order valence-corrected chi connectivity index (χ4v) is 7.99. The molecule has 0 saturated carbocycles. The summed E-state index contributed by atoms with van der Waals surface area (Å²) in [7, 11) is 0. The predicted octanol–water partition coefficient (Wildman–Crippen LogP) is 4.87. The van der Waals surface area contributed by atoms with E-state index in [1.165, 1.54) is 15.5 Å². The van der Waals surface area contributed by atoms with E-state index in [1.807, 2.05) is 11.8 Å². The van der Waals surface area contributed by atoms with Gasteiger partial charge in [0.15, 0.2) is 0 Å². The summed E-state index contributed by atoms with van der Waals surface area (Å²) in [6, 6.07) is 29.9. The topological polar surface area (TPSA) is 0 Å². The number of hydrogen-bond donors (Lipinski definition) is 0. The summed E-state index contributed by atoms with van der Waals surface area (Å²) in [5.41, 5.74) is 0.945. The van der Waals surface area contributed by atoms with E-state index in [0.717, 1.165) is 5.49 Å². The third kappa shape index (κ3) is 3.52. The number of rotatable bonds is 5. The molecule has 0 atom stereocenters. The monoisotopic (exact) mass is 340 g/mol. The molecule has 0 aromatic heterocycles. The van der Waals surface area contributed by atoms with E-state index in [9.17, 15) is 0 Å². The molecule has 3 rings (SSSR count). The fraction of sp³-hybridized carbons (Fsp3) is 0.0526. The van der Waals surface area contributed by atoms with Gasteiger partial charge in [-0.25, -0.2) is 0 Å². The zero-order valence-corrected chi connectivity index (χ0v) is 14.7. The van der Waals surface area contributed by atoms with E-state index in [4.69, 9.17) is 11.8 Å². The minimum Gasteiger partial charge on any atom is -0.120 e. The number of thioether (sulfide) groups is 1. The predicted molar refractivity (Wildman–Crippen MR) is 104 cm³/mol. The molecule has 0 fully saturated rings. The van der Waals surface area contributed by atoms with Gasteiger partial charge in [0, 0.05) is 16.4 Å². The summed E-state index contributed by atoms with van der Waals surface area (Å²) < 4.78 is 0. The second-order valence-corrected chi connectivity index (χ2v) is 11.2. The Morgan fingerprint density at radius 3 is 1.50 bits per heavy atom. The molecule has 0 bridgehead atoms. The molecule has 3 heteroatoms. The van der Waals surface area contributed by atoms with E-state index in [0.29, 0.717) is 0 Å². The summed E-state index contributed by atoms with van der Waals surface area (Å²) in [5.74, 6) is 0. The van der Waals surface area contributed by atoms with Gasteiger partial charge in [0.25, 0.3) is 0 Å². The smallest absolute Gasteiger partial charge is 0.0350 e. The maximum absolute atomic E-state index is 6.22. The van der Waals surface area contributed by atoms with Gasteiger partial charge in [-0.15, -0.1) is 11.8 Å². The maximum atomic E-state index is 6.22. The van der Waals surface area contributed by atoms with E-state index in [-0.39, 0.29) is 0 Å². The maximum Gasteiger partial charge on any atom is 0.0350 e. The summed E-state index contributed by atoms with van der Waals surface area (Å²) in [4.78, 5) is 1.28. The van der Waals surface area contributed by atoms with Gasteiger partial charge in [-0.2, -0.15) is 0 Å². The minimum atomic E-state index is -1.79. The van der Waals surface area contributed by atoms with Crippen molar-refractivity contribution in [3.8, 4) is 0 Å². The zero-order valence-electron chi connectivity index (χ0n) is 12.1. The molecule has 0 aliphatic rings. The summed E-state index contributed by atoms with van der Waals surface area (Å²) in [6.45, 7) is 0. The quantitative estimate of drug-likeness (QED) is 0.480. The lowest BCUT2D eigenvalue weighted by Crippen LogP contribution is -2.17. The average Bonchev–Trinajstić information content (AvgIpc) is 2.62. The highest BCUT2D eigenvalue weighted by Gasteiger charge is 2.22. The highest BCUT2D eigenvalue weighted by atomic mass is 32.4.